The van der Waals surface area contributed by atoms with Crippen LogP contribution >= 0.6 is 0 Å². The Labute approximate surface area is 123 Å². The normalized spacial score (nSPS) is 12.9. The van der Waals surface area contributed by atoms with E-state index in [9.17, 15) is 14.3 Å². The first-order valence-electron chi connectivity index (χ1n) is 7.11. The predicted octanol–water partition coefficient (Wildman–Crippen LogP) is 2.47. The lowest BCUT2D eigenvalue weighted by Gasteiger charge is -2.28. The fraction of sp³-hybridized carbons (Fsp3) is 0.438. The van der Waals surface area contributed by atoms with Crippen molar-refractivity contribution >= 4 is 16.8 Å². The van der Waals surface area contributed by atoms with Crippen molar-refractivity contribution in [2.24, 2.45) is 0 Å². The molecular weight excluding hydrogens is 271 g/mol. The minimum absolute atomic E-state index is 0.00837. The molecule has 0 spiro atoms. The van der Waals surface area contributed by atoms with Gasteiger partial charge in [0.05, 0.1) is 12.5 Å². The standard InChI is InChI=1S/C16H21FN2O2/c1-10(2)19(9-11(3)20)16(21)6-12-8-18-15-5-4-13(17)7-14(12)15/h4-5,7-8,10-11,18,20H,6,9H2,1-3H3. The minimum Gasteiger partial charge on any atom is -0.392 e. The molecule has 0 saturated carbocycles. The molecule has 0 aliphatic rings. The molecule has 0 saturated heterocycles. The van der Waals surface area contributed by atoms with Crippen LogP contribution in [0.4, 0.5) is 4.39 Å². The van der Waals surface area contributed by atoms with Crippen LogP contribution in [0.1, 0.15) is 26.3 Å². The molecule has 2 aromatic rings. The number of aromatic nitrogens is 1. The summed E-state index contributed by atoms with van der Waals surface area (Å²) in [6, 6.07) is 4.49. The number of fused-ring (bicyclic) bond motifs is 1. The maximum absolute atomic E-state index is 13.3. The van der Waals surface area contributed by atoms with E-state index in [1.54, 1.807) is 24.1 Å². The molecule has 0 fully saturated rings. The Morgan fingerprint density at radius 3 is 2.71 bits per heavy atom. The fourth-order valence-electron chi connectivity index (χ4n) is 2.45. The van der Waals surface area contributed by atoms with E-state index in [0.717, 1.165) is 16.5 Å². The summed E-state index contributed by atoms with van der Waals surface area (Å²) in [5.41, 5.74) is 1.58. The number of nitrogens with one attached hydrogen (secondary N) is 1. The van der Waals surface area contributed by atoms with E-state index in [1.165, 1.54) is 12.1 Å². The van der Waals surface area contributed by atoms with Gasteiger partial charge in [0.15, 0.2) is 0 Å². The number of aromatic amines is 1. The van der Waals surface area contributed by atoms with Gasteiger partial charge >= 0.3 is 0 Å². The number of carbonyl (C=O) groups excluding carboxylic acids is 1. The lowest BCUT2D eigenvalue weighted by Crippen LogP contribution is -2.42. The van der Waals surface area contributed by atoms with Crippen molar-refractivity contribution in [1.29, 1.82) is 0 Å². The molecule has 1 atom stereocenters. The highest BCUT2D eigenvalue weighted by atomic mass is 19.1. The van der Waals surface area contributed by atoms with E-state index in [2.05, 4.69) is 4.98 Å². The van der Waals surface area contributed by atoms with Crippen LogP contribution in [0.5, 0.6) is 0 Å². The highest BCUT2D eigenvalue weighted by molar-refractivity contribution is 5.89. The van der Waals surface area contributed by atoms with Gasteiger partial charge in [-0.3, -0.25) is 4.79 Å². The van der Waals surface area contributed by atoms with E-state index in [0.29, 0.717) is 6.54 Å². The number of rotatable bonds is 5. The summed E-state index contributed by atoms with van der Waals surface area (Å²) in [5, 5.41) is 10.2. The highest BCUT2D eigenvalue weighted by Gasteiger charge is 2.20. The van der Waals surface area contributed by atoms with Gasteiger partial charge in [-0.15, -0.1) is 0 Å². The SMILES string of the molecule is CC(O)CN(C(=O)Cc1c[nH]c2ccc(F)cc12)C(C)C. The maximum Gasteiger partial charge on any atom is 0.227 e. The Hall–Kier alpha value is -1.88. The average Bonchev–Trinajstić information content (AvgIpc) is 2.78. The average molecular weight is 292 g/mol. The third kappa shape index (κ3) is 3.61. The Balaban J connectivity index is 2.22. The zero-order valence-electron chi connectivity index (χ0n) is 12.6. The summed E-state index contributed by atoms with van der Waals surface area (Å²) in [6.07, 6.45) is 1.36. The quantitative estimate of drug-likeness (QED) is 0.889. The number of hydrogen-bond donors (Lipinski definition) is 2. The van der Waals surface area contributed by atoms with E-state index in [4.69, 9.17) is 0 Å². The molecule has 114 valence electrons. The van der Waals surface area contributed by atoms with Crippen molar-refractivity contribution in [2.45, 2.75) is 39.3 Å². The molecule has 1 unspecified atom stereocenters. The third-order valence-corrected chi connectivity index (χ3v) is 3.48. The van der Waals surface area contributed by atoms with Crippen LogP contribution in [-0.2, 0) is 11.2 Å². The maximum atomic E-state index is 13.3. The Bertz CT molecular complexity index is 634. The molecule has 1 aromatic heterocycles. The smallest absolute Gasteiger partial charge is 0.227 e. The molecule has 21 heavy (non-hydrogen) atoms. The van der Waals surface area contributed by atoms with Gasteiger partial charge in [-0.25, -0.2) is 4.39 Å². The van der Waals surface area contributed by atoms with E-state index < -0.39 is 6.10 Å². The summed E-state index contributed by atoms with van der Waals surface area (Å²) in [4.78, 5) is 17.1. The Morgan fingerprint density at radius 1 is 1.38 bits per heavy atom. The number of H-pyrrole nitrogens is 1. The van der Waals surface area contributed by atoms with Crippen molar-refractivity contribution in [3.63, 3.8) is 0 Å². The molecule has 1 amide bonds. The second-order valence-corrected chi connectivity index (χ2v) is 5.67. The first-order valence-corrected chi connectivity index (χ1v) is 7.11. The minimum atomic E-state index is -0.572. The van der Waals surface area contributed by atoms with Crippen molar-refractivity contribution in [3.05, 3.63) is 35.8 Å². The monoisotopic (exact) mass is 292 g/mol. The van der Waals surface area contributed by atoms with Crippen LogP contribution in [0.3, 0.4) is 0 Å². The molecule has 0 radical (unpaired) electrons. The second kappa shape index (κ2) is 6.26. The van der Waals surface area contributed by atoms with Crippen LogP contribution < -0.4 is 0 Å². The Morgan fingerprint density at radius 2 is 2.10 bits per heavy atom. The number of hydrogen-bond acceptors (Lipinski definition) is 2. The largest absolute Gasteiger partial charge is 0.392 e. The van der Waals surface area contributed by atoms with E-state index in [-0.39, 0.29) is 24.2 Å². The number of amides is 1. The molecule has 0 aliphatic heterocycles. The summed E-state index contributed by atoms with van der Waals surface area (Å²) in [6.45, 7) is 5.78. The third-order valence-electron chi connectivity index (χ3n) is 3.48. The number of carbonyl (C=O) groups is 1. The van der Waals surface area contributed by atoms with Gasteiger partial charge in [0.1, 0.15) is 5.82 Å². The van der Waals surface area contributed by atoms with Crippen molar-refractivity contribution in [1.82, 2.24) is 9.88 Å². The number of halogens is 1. The van der Waals surface area contributed by atoms with Crippen LogP contribution in [0.2, 0.25) is 0 Å². The second-order valence-electron chi connectivity index (χ2n) is 5.67. The molecule has 2 N–H and O–H groups in total. The molecule has 4 nitrogen and oxygen atoms in total. The summed E-state index contributed by atoms with van der Waals surface area (Å²) >= 11 is 0. The van der Waals surface area contributed by atoms with Crippen LogP contribution in [0.15, 0.2) is 24.4 Å². The summed E-state index contributed by atoms with van der Waals surface area (Å²) in [5.74, 6) is -0.392. The number of aliphatic hydroxyl groups excluding tert-OH is 1. The molecule has 1 aromatic carbocycles. The van der Waals surface area contributed by atoms with Gasteiger partial charge in [-0.2, -0.15) is 0 Å². The van der Waals surface area contributed by atoms with Crippen LogP contribution in [-0.4, -0.2) is 39.6 Å². The Kier molecular flexibility index (Phi) is 4.63. The van der Waals surface area contributed by atoms with Gasteiger partial charge in [0.25, 0.3) is 0 Å². The van der Waals surface area contributed by atoms with E-state index >= 15 is 0 Å². The number of nitrogens with zero attached hydrogens (tertiary/aromatic N) is 1. The van der Waals surface area contributed by atoms with Gasteiger partial charge in [0, 0.05) is 29.7 Å². The molecule has 5 heteroatoms. The van der Waals surface area contributed by atoms with E-state index in [1.807, 2.05) is 13.8 Å². The van der Waals surface area contributed by atoms with Crippen LogP contribution in [0.25, 0.3) is 10.9 Å². The molecule has 1 heterocycles. The predicted molar refractivity (Wildman–Crippen MR) is 80.5 cm³/mol. The first-order chi connectivity index (χ1) is 9.88. The fourth-order valence-corrected chi connectivity index (χ4v) is 2.45. The lowest BCUT2D eigenvalue weighted by atomic mass is 10.1. The highest BCUT2D eigenvalue weighted by Crippen LogP contribution is 2.20. The van der Waals surface area contributed by atoms with Gasteiger partial charge in [0.2, 0.25) is 5.91 Å². The first kappa shape index (κ1) is 15.5. The number of benzene rings is 1. The van der Waals surface area contributed by atoms with Crippen molar-refractivity contribution in [2.75, 3.05) is 6.54 Å². The zero-order chi connectivity index (χ0) is 15.6. The molecular formula is C16H21FN2O2. The van der Waals surface area contributed by atoms with Crippen molar-refractivity contribution < 1.29 is 14.3 Å². The van der Waals surface area contributed by atoms with Gasteiger partial charge in [-0.05, 0) is 44.5 Å². The molecule has 2 rings (SSSR count). The summed E-state index contributed by atoms with van der Waals surface area (Å²) < 4.78 is 13.3. The topological polar surface area (TPSA) is 56.3 Å². The molecule has 0 aliphatic carbocycles. The molecule has 0 bridgehead atoms. The van der Waals surface area contributed by atoms with Crippen molar-refractivity contribution in [3.8, 4) is 0 Å². The lowest BCUT2D eigenvalue weighted by molar-refractivity contribution is -0.133. The van der Waals surface area contributed by atoms with Gasteiger partial charge < -0.3 is 15.0 Å². The zero-order valence-corrected chi connectivity index (χ0v) is 12.6. The summed E-state index contributed by atoms with van der Waals surface area (Å²) in [7, 11) is 0. The number of aliphatic hydroxyl groups is 1. The van der Waals surface area contributed by atoms with Gasteiger partial charge in [-0.1, -0.05) is 0 Å². The van der Waals surface area contributed by atoms with Crippen LogP contribution in [0, 0.1) is 5.82 Å².